The van der Waals surface area contributed by atoms with Crippen LogP contribution in [-0.2, 0) is 0 Å². The van der Waals surface area contributed by atoms with Gasteiger partial charge in [0, 0.05) is 6.42 Å². The van der Waals surface area contributed by atoms with E-state index in [0.717, 1.165) is 10.9 Å². The lowest BCUT2D eigenvalue weighted by Gasteiger charge is -2.21. The van der Waals surface area contributed by atoms with Gasteiger partial charge in [-0.05, 0) is 6.42 Å². The predicted octanol–water partition coefficient (Wildman–Crippen LogP) is 2.92. The molecule has 0 fully saturated rings. The molecule has 0 atom stereocenters. The second kappa shape index (κ2) is 4.56. The molecule has 0 N–H and O–H groups in total. The van der Waals surface area contributed by atoms with E-state index < -0.39 is 0 Å². The fourth-order valence-electron chi connectivity index (χ4n) is 1.58. The Balaban J connectivity index is 2.23. The van der Waals surface area contributed by atoms with Gasteiger partial charge in [0.1, 0.15) is 6.20 Å². The van der Waals surface area contributed by atoms with E-state index in [9.17, 15) is 0 Å². The topological polar surface area (TPSA) is 12.4 Å². The van der Waals surface area contributed by atoms with Crippen molar-refractivity contribution in [2.45, 2.75) is 39.0 Å². The lowest BCUT2D eigenvalue weighted by atomic mass is 10.1. The first kappa shape index (κ1) is 10.5. The molecular formula is C11H21N2+. The maximum absolute atomic E-state index is 4.39. The Kier molecular flexibility index (Phi) is 3.67. The Morgan fingerprint density at radius 1 is 1.23 bits per heavy atom. The number of hydrogen-bond acceptors (Lipinski definition) is 1. The highest BCUT2D eigenvalue weighted by Crippen LogP contribution is 2.15. The summed E-state index contributed by atoms with van der Waals surface area (Å²) in [5.74, 6) is 1.30. The van der Waals surface area contributed by atoms with Gasteiger partial charge in [0.25, 0.3) is 0 Å². The first-order chi connectivity index (χ1) is 6.17. The summed E-state index contributed by atoms with van der Waals surface area (Å²) in [6, 6.07) is 0. The maximum Gasteiger partial charge on any atom is 0.207 e. The monoisotopic (exact) mass is 181 g/mol. The van der Waals surface area contributed by atoms with Gasteiger partial charge in [-0.1, -0.05) is 26.2 Å². The standard InChI is InChI=1S/C11H21N2/c1-4-5-6-7-8-11-12-9-10-13(11,2)3/h9-10H,4-8H2,1-3H3/q+1. The third-order valence-corrected chi connectivity index (χ3v) is 2.58. The van der Waals surface area contributed by atoms with Crippen LogP contribution in [0.5, 0.6) is 0 Å². The number of amidine groups is 1. The Labute approximate surface area is 81.6 Å². The van der Waals surface area contributed by atoms with Crippen molar-refractivity contribution in [2.24, 2.45) is 4.99 Å². The van der Waals surface area contributed by atoms with Crippen molar-refractivity contribution in [3.8, 4) is 0 Å². The van der Waals surface area contributed by atoms with Crippen LogP contribution in [0.15, 0.2) is 17.4 Å². The first-order valence-electron chi connectivity index (χ1n) is 5.25. The van der Waals surface area contributed by atoms with Crippen LogP contribution in [0.4, 0.5) is 0 Å². The van der Waals surface area contributed by atoms with Gasteiger partial charge in [0.15, 0.2) is 0 Å². The zero-order valence-corrected chi connectivity index (χ0v) is 9.08. The van der Waals surface area contributed by atoms with Gasteiger partial charge in [-0.25, -0.2) is 4.99 Å². The summed E-state index contributed by atoms with van der Waals surface area (Å²) in [5.41, 5.74) is 0. The van der Waals surface area contributed by atoms with E-state index in [1.54, 1.807) is 0 Å². The molecule has 0 saturated heterocycles. The molecule has 13 heavy (non-hydrogen) atoms. The maximum atomic E-state index is 4.39. The van der Waals surface area contributed by atoms with Crippen molar-refractivity contribution in [1.29, 1.82) is 0 Å². The van der Waals surface area contributed by atoms with E-state index in [4.69, 9.17) is 0 Å². The van der Waals surface area contributed by atoms with Crippen molar-refractivity contribution < 1.29 is 4.48 Å². The van der Waals surface area contributed by atoms with Crippen molar-refractivity contribution in [1.82, 2.24) is 0 Å². The number of rotatable bonds is 5. The predicted molar refractivity (Wildman–Crippen MR) is 57.4 cm³/mol. The highest BCUT2D eigenvalue weighted by molar-refractivity contribution is 5.77. The molecular weight excluding hydrogens is 160 g/mol. The smallest absolute Gasteiger partial charge is 0.207 e. The van der Waals surface area contributed by atoms with Crippen LogP contribution >= 0.6 is 0 Å². The van der Waals surface area contributed by atoms with Crippen molar-refractivity contribution in [3.63, 3.8) is 0 Å². The van der Waals surface area contributed by atoms with Crippen LogP contribution in [0.25, 0.3) is 0 Å². The number of aliphatic imine (C=N–C) groups is 1. The molecule has 0 aromatic heterocycles. The zero-order valence-electron chi connectivity index (χ0n) is 9.08. The van der Waals surface area contributed by atoms with E-state index in [1.165, 1.54) is 31.5 Å². The van der Waals surface area contributed by atoms with Crippen molar-refractivity contribution in [3.05, 3.63) is 12.4 Å². The molecule has 0 unspecified atom stereocenters. The van der Waals surface area contributed by atoms with Crippen LogP contribution < -0.4 is 0 Å². The fourth-order valence-corrected chi connectivity index (χ4v) is 1.58. The molecule has 1 aliphatic rings. The van der Waals surface area contributed by atoms with Crippen LogP contribution in [0.3, 0.4) is 0 Å². The Hall–Kier alpha value is -0.630. The number of hydrogen-bond donors (Lipinski definition) is 0. The van der Waals surface area contributed by atoms with Crippen molar-refractivity contribution in [2.75, 3.05) is 14.1 Å². The molecule has 0 aliphatic carbocycles. The third-order valence-electron chi connectivity index (χ3n) is 2.58. The van der Waals surface area contributed by atoms with Crippen LogP contribution in [0.1, 0.15) is 39.0 Å². The van der Waals surface area contributed by atoms with E-state index in [0.29, 0.717) is 0 Å². The van der Waals surface area contributed by atoms with Crippen LogP contribution in [0.2, 0.25) is 0 Å². The van der Waals surface area contributed by atoms with E-state index >= 15 is 0 Å². The minimum atomic E-state index is 0.853. The van der Waals surface area contributed by atoms with Gasteiger partial charge < -0.3 is 0 Å². The highest BCUT2D eigenvalue weighted by Gasteiger charge is 2.23. The zero-order chi connectivity index (χ0) is 9.73. The normalized spacial score (nSPS) is 19.2. The fraction of sp³-hybridized carbons (Fsp3) is 0.727. The Morgan fingerprint density at radius 2 is 2.00 bits per heavy atom. The molecule has 0 spiro atoms. The molecule has 0 aromatic carbocycles. The largest absolute Gasteiger partial charge is 0.256 e. The summed E-state index contributed by atoms with van der Waals surface area (Å²) in [5, 5.41) is 0. The molecule has 0 saturated carbocycles. The summed E-state index contributed by atoms with van der Waals surface area (Å²) in [6.45, 7) is 2.24. The molecule has 2 heteroatoms. The molecule has 1 rings (SSSR count). The summed E-state index contributed by atoms with van der Waals surface area (Å²) < 4.78 is 0.853. The van der Waals surface area contributed by atoms with Crippen LogP contribution in [-0.4, -0.2) is 24.4 Å². The van der Waals surface area contributed by atoms with Gasteiger partial charge >= 0.3 is 0 Å². The second-order valence-electron chi connectivity index (χ2n) is 4.19. The number of nitrogens with zero attached hydrogens (tertiary/aromatic N) is 2. The minimum Gasteiger partial charge on any atom is -0.256 e. The Morgan fingerprint density at radius 3 is 2.54 bits per heavy atom. The Bertz CT molecular complexity index is 214. The van der Waals surface area contributed by atoms with Crippen molar-refractivity contribution >= 4 is 5.84 Å². The quantitative estimate of drug-likeness (QED) is 0.457. The average molecular weight is 181 g/mol. The number of quaternary nitrogens is 1. The second-order valence-corrected chi connectivity index (χ2v) is 4.19. The first-order valence-corrected chi connectivity index (χ1v) is 5.25. The van der Waals surface area contributed by atoms with Gasteiger partial charge in [-0.3, -0.25) is 4.48 Å². The van der Waals surface area contributed by atoms with E-state index in [1.807, 2.05) is 6.20 Å². The molecule has 74 valence electrons. The molecule has 1 aliphatic heterocycles. The highest BCUT2D eigenvalue weighted by atomic mass is 15.4. The van der Waals surface area contributed by atoms with Crippen LogP contribution in [0, 0.1) is 0 Å². The minimum absolute atomic E-state index is 0.853. The molecule has 0 bridgehead atoms. The van der Waals surface area contributed by atoms with Gasteiger partial charge in [-0.15, -0.1) is 0 Å². The lowest BCUT2D eigenvalue weighted by molar-refractivity contribution is -0.741. The lowest BCUT2D eigenvalue weighted by Crippen LogP contribution is -2.37. The van der Waals surface area contributed by atoms with E-state index in [-0.39, 0.29) is 0 Å². The molecule has 1 heterocycles. The summed E-state index contributed by atoms with van der Waals surface area (Å²) in [6.07, 6.45) is 10.5. The molecule has 0 aromatic rings. The number of unbranched alkanes of at least 4 members (excludes halogenated alkanes) is 3. The SMILES string of the molecule is CCCCCCC1=NC=C[N+]1(C)C. The molecule has 0 amide bonds. The summed E-state index contributed by atoms with van der Waals surface area (Å²) >= 11 is 0. The average Bonchev–Trinajstić information content (AvgIpc) is 2.40. The molecule has 0 radical (unpaired) electrons. The summed E-state index contributed by atoms with van der Waals surface area (Å²) in [7, 11) is 4.37. The van der Waals surface area contributed by atoms with Gasteiger partial charge in [0.2, 0.25) is 5.84 Å². The summed E-state index contributed by atoms with van der Waals surface area (Å²) in [4.78, 5) is 4.39. The molecule has 2 nitrogen and oxygen atoms in total. The van der Waals surface area contributed by atoms with E-state index in [2.05, 4.69) is 32.2 Å². The van der Waals surface area contributed by atoms with Gasteiger partial charge in [-0.2, -0.15) is 0 Å². The van der Waals surface area contributed by atoms with Gasteiger partial charge in [0.05, 0.1) is 20.3 Å². The third kappa shape index (κ3) is 2.96.